The average molecular weight is 374 g/mol. The van der Waals surface area contributed by atoms with Gasteiger partial charge in [0, 0.05) is 31.7 Å². The molecule has 1 amide bonds. The topological polar surface area (TPSA) is 41.6 Å². The lowest BCUT2D eigenvalue weighted by atomic mass is 9.86. The van der Waals surface area contributed by atoms with E-state index in [1.165, 1.54) is 5.56 Å². The normalized spacial score (nSPS) is 27.0. The van der Waals surface area contributed by atoms with Crippen LogP contribution < -0.4 is 5.32 Å². The zero-order valence-electron chi connectivity index (χ0n) is 12.0. The Labute approximate surface area is 137 Å². The molecule has 1 aromatic carbocycles. The molecule has 21 heavy (non-hydrogen) atoms. The van der Waals surface area contributed by atoms with E-state index in [2.05, 4.69) is 34.2 Å². The smallest absolute Gasteiger partial charge is 0.248 e. The molecule has 114 valence electrons. The predicted octanol–water partition coefficient (Wildman–Crippen LogP) is 3.25. The maximum Gasteiger partial charge on any atom is 0.248 e. The van der Waals surface area contributed by atoms with Gasteiger partial charge in [-0.2, -0.15) is 0 Å². The molecule has 1 fully saturated rings. The lowest BCUT2D eigenvalue weighted by molar-refractivity contribution is -0.138. The summed E-state index contributed by atoms with van der Waals surface area (Å²) in [6.45, 7) is 2.96. The van der Waals surface area contributed by atoms with Gasteiger partial charge in [-0.15, -0.1) is 0 Å². The Bertz CT molecular complexity index is 581. The number of nitrogens with zero attached hydrogens (tertiary/aromatic N) is 1. The highest BCUT2D eigenvalue weighted by Crippen LogP contribution is 2.46. The monoisotopic (exact) mass is 372 g/mol. The maximum atomic E-state index is 12.2. The molecule has 0 saturated carbocycles. The molecule has 0 bridgehead atoms. The Morgan fingerprint density at radius 1 is 1.57 bits per heavy atom. The Balaban J connectivity index is 1.88. The molecule has 2 aliphatic heterocycles. The number of hydrogen-bond acceptors (Lipinski definition) is 3. The molecule has 3 atom stereocenters. The summed E-state index contributed by atoms with van der Waals surface area (Å²) in [5.41, 5.74) is 2.31. The van der Waals surface area contributed by atoms with Gasteiger partial charge in [0.25, 0.3) is 0 Å². The SMILES string of the molecule is COCC(=O)N1CC2c3ccc(Cl)c(Br)c3NC2C[C@H]1C. The van der Waals surface area contributed by atoms with Crippen LogP contribution in [-0.2, 0) is 9.53 Å². The van der Waals surface area contributed by atoms with Crippen LogP contribution in [0.2, 0.25) is 5.02 Å². The van der Waals surface area contributed by atoms with E-state index in [0.29, 0.717) is 17.0 Å². The molecule has 3 rings (SSSR count). The van der Waals surface area contributed by atoms with Crippen LogP contribution >= 0.6 is 27.5 Å². The van der Waals surface area contributed by atoms with E-state index < -0.39 is 0 Å². The molecule has 1 aromatic rings. The van der Waals surface area contributed by atoms with E-state index in [1.54, 1.807) is 7.11 Å². The first-order chi connectivity index (χ1) is 10.0. The lowest BCUT2D eigenvalue weighted by Gasteiger charge is -2.40. The van der Waals surface area contributed by atoms with Crippen molar-refractivity contribution in [3.05, 3.63) is 27.2 Å². The van der Waals surface area contributed by atoms with E-state index in [9.17, 15) is 4.79 Å². The fourth-order valence-electron chi connectivity index (χ4n) is 3.41. The number of rotatable bonds is 2. The minimum Gasteiger partial charge on any atom is -0.380 e. The number of carbonyl (C=O) groups is 1. The second-order valence-electron chi connectivity index (χ2n) is 5.75. The highest BCUT2D eigenvalue weighted by molar-refractivity contribution is 9.10. The number of likely N-dealkylation sites (tertiary alicyclic amines) is 1. The largest absolute Gasteiger partial charge is 0.380 e. The van der Waals surface area contributed by atoms with Gasteiger partial charge < -0.3 is 15.0 Å². The number of anilines is 1. The average Bonchev–Trinajstić information content (AvgIpc) is 2.80. The molecule has 0 aromatic heterocycles. The number of fused-ring (bicyclic) bond motifs is 3. The van der Waals surface area contributed by atoms with Crippen molar-refractivity contribution in [2.45, 2.75) is 31.3 Å². The number of halogens is 2. The first-order valence-electron chi connectivity index (χ1n) is 7.05. The van der Waals surface area contributed by atoms with Crippen molar-refractivity contribution in [3.63, 3.8) is 0 Å². The first kappa shape index (κ1) is 15.1. The molecular formula is C15H18BrClN2O2. The van der Waals surface area contributed by atoms with Gasteiger partial charge in [0.2, 0.25) is 5.91 Å². The molecule has 2 heterocycles. The quantitative estimate of drug-likeness (QED) is 0.865. The molecule has 0 spiro atoms. The van der Waals surface area contributed by atoms with E-state index >= 15 is 0 Å². The number of nitrogens with one attached hydrogen (secondary N) is 1. The fraction of sp³-hybridized carbons (Fsp3) is 0.533. The molecule has 1 saturated heterocycles. The van der Waals surface area contributed by atoms with Crippen molar-refractivity contribution in [1.82, 2.24) is 4.90 Å². The van der Waals surface area contributed by atoms with Gasteiger partial charge >= 0.3 is 0 Å². The van der Waals surface area contributed by atoms with E-state index in [1.807, 2.05) is 11.0 Å². The molecule has 1 N–H and O–H groups in total. The number of carbonyl (C=O) groups excluding carboxylic acids is 1. The van der Waals surface area contributed by atoms with Crippen molar-refractivity contribution >= 4 is 39.1 Å². The van der Waals surface area contributed by atoms with E-state index in [4.69, 9.17) is 16.3 Å². The van der Waals surface area contributed by atoms with Crippen molar-refractivity contribution < 1.29 is 9.53 Å². The molecule has 6 heteroatoms. The zero-order chi connectivity index (χ0) is 15.1. The van der Waals surface area contributed by atoms with Gasteiger partial charge in [0.15, 0.2) is 0 Å². The summed E-state index contributed by atoms with van der Waals surface area (Å²) < 4.78 is 5.90. The first-order valence-corrected chi connectivity index (χ1v) is 8.23. The summed E-state index contributed by atoms with van der Waals surface area (Å²) >= 11 is 9.72. The fourth-order valence-corrected chi connectivity index (χ4v) is 4.05. The lowest BCUT2D eigenvalue weighted by Crippen LogP contribution is -2.51. The Morgan fingerprint density at radius 3 is 3.05 bits per heavy atom. The highest BCUT2D eigenvalue weighted by Gasteiger charge is 2.41. The van der Waals surface area contributed by atoms with Crippen LogP contribution in [0.25, 0.3) is 0 Å². The Kier molecular flexibility index (Phi) is 4.17. The zero-order valence-corrected chi connectivity index (χ0v) is 14.4. The van der Waals surface area contributed by atoms with Crippen LogP contribution in [0.5, 0.6) is 0 Å². The number of benzene rings is 1. The third kappa shape index (κ3) is 2.56. The van der Waals surface area contributed by atoms with Gasteiger partial charge in [0.1, 0.15) is 6.61 Å². The molecule has 0 aliphatic carbocycles. The summed E-state index contributed by atoms with van der Waals surface area (Å²) in [7, 11) is 1.56. The van der Waals surface area contributed by atoms with Crippen LogP contribution in [0.3, 0.4) is 0 Å². The van der Waals surface area contributed by atoms with Gasteiger partial charge in [-0.3, -0.25) is 4.79 Å². The van der Waals surface area contributed by atoms with Crippen molar-refractivity contribution in [3.8, 4) is 0 Å². The molecule has 4 nitrogen and oxygen atoms in total. The number of hydrogen-bond donors (Lipinski definition) is 1. The van der Waals surface area contributed by atoms with Crippen molar-refractivity contribution in [1.29, 1.82) is 0 Å². The van der Waals surface area contributed by atoms with Crippen LogP contribution in [0.4, 0.5) is 5.69 Å². The third-order valence-electron chi connectivity index (χ3n) is 4.45. The number of piperidine rings is 1. The van der Waals surface area contributed by atoms with Gasteiger partial charge in [0.05, 0.1) is 15.2 Å². The van der Waals surface area contributed by atoms with Crippen molar-refractivity contribution in [2.75, 3.05) is 25.6 Å². The van der Waals surface area contributed by atoms with E-state index in [-0.39, 0.29) is 18.6 Å². The summed E-state index contributed by atoms with van der Waals surface area (Å²) in [4.78, 5) is 14.1. The third-order valence-corrected chi connectivity index (χ3v) is 5.82. The molecule has 0 radical (unpaired) electrons. The molecule has 2 unspecified atom stereocenters. The Hall–Kier alpha value is -0.780. The second-order valence-corrected chi connectivity index (χ2v) is 6.95. The van der Waals surface area contributed by atoms with Gasteiger partial charge in [-0.25, -0.2) is 0 Å². The minimum atomic E-state index is 0.0601. The minimum absolute atomic E-state index is 0.0601. The van der Waals surface area contributed by atoms with Crippen molar-refractivity contribution in [2.24, 2.45) is 0 Å². The van der Waals surface area contributed by atoms with E-state index in [0.717, 1.165) is 23.1 Å². The second kappa shape index (κ2) is 5.78. The standard InChI is InChI=1S/C15H18BrClN2O2/c1-8-5-12-10(6-19(8)13(20)7-21-2)9-3-4-11(17)14(16)15(9)18-12/h3-4,8,10,12,18H,5-7H2,1-2H3/t8-,10?,12?/m1/s1. The molecule has 2 aliphatic rings. The van der Waals surface area contributed by atoms with Crippen LogP contribution in [-0.4, -0.2) is 43.2 Å². The van der Waals surface area contributed by atoms with Crippen LogP contribution in [0.15, 0.2) is 16.6 Å². The van der Waals surface area contributed by atoms with Gasteiger partial charge in [-0.1, -0.05) is 17.7 Å². The summed E-state index contributed by atoms with van der Waals surface area (Å²) in [5.74, 6) is 0.371. The maximum absolute atomic E-state index is 12.2. The number of ether oxygens (including phenoxy) is 1. The highest BCUT2D eigenvalue weighted by atomic mass is 79.9. The number of amides is 1. The molecular weight excluding hydrogens is 356 g/mol. The summed E-state index contributed by atoms with van der Waals surface area (Å²) in [5, 5.41) is 4.28. The predicted molar refractivity (Wildman–Crippen MR) is 87.0 cm³/mol. The number of methoxy groups -OCH3 is 1. The Morgan fingerprint density at radius 2 is 2.33 bits per heavy atom. The van der Waals surface area contributed by atoms with Gasteiger partial charge in [-0.05, 0) is 40.9 Å². The van der Waals surface area contributed by atoms with Crippen LogP contribution in [0, 0.1) is 0 Å². The summed E-state index contributed by atoms with van der Waals surface area (Å²) in [6, 6.07) is 4.55. The summed E-state index contributed by atoms with van der Waals surface area (Å²) in [6.07, 6.45) is 0.929. The van der Waals surface area contributed by atoms with Crippen LogP contribution in [0.1, 0.15) is 24.8 Å².